The van der Waals surface area contributed by atoms with Gasteiger partial charge in [-0.25, -0.2) is 0 Å². The minimum absolute atomic E-state index is 0.0257. The quantitative estimate of drug-likeness (QED) is 0.334. The van der Waals surface area contributed by atoms with Crippen molar-refractivity contribution < 1.29 is 33.0 Å². The summed E-state index contributed by atoms with van der Waals surface area (Å²) in [4.78, 5) is 27.4. The number of nitrogens with zero attached hydrogens (tertiary/aromatic N) is 2. The lowest BCUT2D eigenvalue weighted by Gasteiger charge is -2.62. The Kier molecular flexibility index (Phi) is 7.75. The molecule has 0 amide bonds. The second-order valence-corrected chi connectivity index (χ2v) is 16.5. The Hall–Kier alpha value is -1.22. The summed E-state index contributed by atoms with van der Waals surface area (Å²) in [6, 6.07) is 0.661. The summed E-state index contributed by atoms with van der Waals surface area (Å²) in [5.41, 5.74) is 0.281. The fourth-order valence-electron chi connectivity index (χ4n) is 12.3. The fourth-order valence-corrected chi connectivity index (χ4v) is 12.3. The summed E-state index contributed by atoms with van der Waals surface area (Å²) in [5, 5.41) is 0. The van der Waals surface area contributed by atoms with E-state index < -0.39 is 5.79 Å². The van der Waals surface area contributed by atoms with E-state index in [1.54, 1.807) is 13.8 Å². The first kappa shape index (κ1) is 30.4. The standard InChI is InChI=1S/C35H57N2O6/c1-23(38)42-31-20-25-8-9-26-27(34(25,4)22-29(31)36-14-12-35(13-15-36)40-18-19-41-35)10-11-33(3)28(26)21-30(32(33)43-24(2)39)37(5)16-6-7-17-37/h25-32H,6-22H2,1-5H3/q+1/t25-,26?,27?,28?,29-,30-,31-,32-,33-,34-/m0/s1. The average Bonchev–Trinajstić information content (AvgIpc) is 3.67. The molecule has 3 saturated heterocycles. The van der Waals surface area contributed by atoms with Gasteiger partial charge in [0.15, 0.2) is 11.9 Å². The number of carbonyl (C=O) groups is 2. The Balaban J connectivity index is 1.15. The van der Waals surface area contributed by atoms with Gasteiger partial charge in [0.1, 0.15) is 12.1 Å². The third-order valence-electron chi connectivity index (χ3n) is 14.4. The molecule has 10 atom stereocenters. The largest absolute Gasteiger partial charge is 0.461 e. The van der Waals surface area contributed by atoms with E-state index in [0.29, 0.717) is 42.9 Å². The molecule has 7 fully saturated rings. The van der Waals surface area contributed by atoms with Crippen LogP contribution < -0.4 is 0 Å². The molecule has 3 unspecified atom stereocenters. The summed E-state index contributed by atoms with van der Waals surface area (Å²) in [5.74, 6) is 1.87. The minimum atomic E-state index is -0.399. The molecule has 7 aliphatic rings. The van der Waals surface area contributed by atoms with Gasteiger partial charge in [0.2, 0.25) is 0 Å². The zero-order valence-electron chi connectivity index (χ0n) is 27.5. The van der Waals surface area contributed by atoms with Crippen molar-refractivity contribution in [2.45, 2.75) is 128 Å². The van der Waals surface area contributed by atoms with Crippen LogP contribution >= 0.6 is 0 Å². The summed E-state index contributed by atoms with van der Waals surface area (Å²) >= 11 is 0. The zero-order valence-corrected chi connectivity index (χ0v) is 27.5. The number of esters is 2. The summed E-state index contributed by atoms with van der Waals surface area (Å²) in [7, 11) is 2.44. The molecule has 3 heterocycles. The monoisotopic (exact) mass is 601 g/mol. The maximum absolute atomic E-state index is 12.5. The molecular formula is C35H57N2O6+. The number of rotatable bonds is 4. The van der Waals surface area contributed by atoms with E-state index in [1.807, 2.05) is 0 Å². The third-order valence-corrected chi connectivity index (χ3v) is 14.4. The van der Waals surface area contributed by atoms with E-state index in [-0.39, 0.29) is 41.0 Å². The van der Waals surface area contributed by atoms with E-state index in [9.17, 15) is 9.59 Å². The molecule has 4 aliphatic carbocycles. The second-order valence-electron chi connectivity index (χ2n) is 16.5. The first-order valence-electron chi connectivity index (χ1n) is 17.7. The van der Waals surface area contributed by atoms with E-state index in [0.717, 1.165) is 49.7 Å². The lowest BCUT2D eigenvalue weighted by Crippen LogP contribution is -2.62. The number of piperidine rings is 1. The van der Waals surface area contributed by atoms with E-state index in [1.165, 1.54) is 51.6 Å². The van der Waals surface area contributed by atoms with Crippen molar-refractivity contribution in [1.82, 2.24) is 4.90 Å². The van der Waals surface area contributed by atoms with E-state index in [2.05, 4.69) is 25.8 Å². The topological polar surface area (TPSA) is 74.3 Å². The van der Waals surface area contributed by atoms with Gasteiger partial charge in [0, 0.05) is 70.5 Å². The normalized spacial score (nSPS) is 47.0. The second kappa shape index (κ2) is 10.9. The number of fused-ring (bicyclic) bond motifs is 5. The lowest BCUT2D eigenvalue weighted by molar-refractivity contribution is -0.924. The van der Waals surface area contributed by atoms with Crippen LogP contribution in [0.5, 0.6) is 0 Å². The van der Waals surface area contributed by atoms with Crippen LogP contribution in [0.25, 0.3) is 0 Å². The molecule has 0 aromatic heterocycles. The number of quaternary nitrogens is 1. The van der Waals surface area contributed by atoms with Crippen LogP contribution in [0.15, 0.2) is 0 Å². The highest BCUT2D eigenvalue weighted by atomic mass is 16.7. The van der Waals surface area contributed by atoms with Gasteiger partial charge in [-0.1, -0.05) is 13.8 Å². The molecule has 7 rings (SSSR count). The van der Waals surface area contributed by atoms with Gasteiger partial charge in [-0.2, -0.15) is 0 Å². The molecule has 0 aromatic carbocycles. The van der Waals surface area contributed by atoms with Crippen LogP contribution in [-0.2, 0) is 28.5 Å². The Bertz CT molecular complexity index is 1080. The van der Waals surface area contributed by atoms with Gasteiger partial charge in [-0.05, 0) is 67.6 Å². The van der Waals surface area contributed by atoms with Crippen molar-refractivity contribution in [2.24, 2.45) is 34.5 Å². The van der Waals surface area contributed by atoms with Crippen LogP contribution in [0.4, 0.5) is 0 Å². The van der Waals surface area contributed by atoms with Crippen molar-refractivity contribution in [3.05, 3.63) is 0 Å². The lowest BCUT2D eigenvalue weighted by atomic mass is 9.44. The number of ether oxygens (including phenoxy) is 4. The van der Waals surface area contributed by atoms with Crippen LogP contribution in [0.3, 0.4) is 0 Å². The fraction of sp³-hybridized carbons (Fsp3) is 0.943. The molecule has 242 valence electrons. The molecular weight excluding hydrogens is 544 g/mol. The maximum atomic E-state index is 12.5. The van der Waals surface area contributed by atoms with E-state index in [4.69, 9.17) is 18.9 Å². The van der Waals surface area contributed by atoms with E-state index >= 15 is 0 Å². The zero-order chi connectivity index (χ0) is 30.2. The highest BCUT2D eigenvalue weighted by Gasteiger charge is 2.67. The Labute approximate surface area is 259 Å². The molecule has 0 aromatic rings. The van der Waals surface area contributed by atoms with Crippen molar-refractivity contribution in [3.63, 3.8) is 0 Å². The summed E-state index contributed by atoms with van der Waals surface area (Å²) in [6.45, 7) is 14.0. The minimum Gasteiger partial charge on any atom is -0.461 e. The van der Waals surface area contributed by atoms with Crippen molar-refractivity contribution in [1.29, 1.82) is 0 Å². The Morgan fingerprint density at radius 1 is 0.837 bits per heavy atom. The first-order valence-corrected chi connectivity index (χ1v) is 17.7. The molecule has 0 bridgehead atoms. The van der Waals surface area contributed by atoms with Crippen LogP contribution in [0.1, 0.15) is 98.3 Å². The molecule has 0 N–H and O–H groups in total. The molecule has 0 radical (unpaired) electrons. The van der Waals surface area contributed by atoms with Gasteiger partial charge in [-0.15, -0.1) is 0 Å². The van der Waals surface area contributed by atoms with Gasteiger partial charge in [0.05, 0.1) is 33.4 Å². The molecule has 43 heavy (non-hydrogen) atoms. The van der Waals surface area contributed by atoms with Gasteiger partial charge in [-0.3, -0.25) is 14.5 Å². The van der Waals surface area contributed by atoms with Crippen LogP contribution in [0, 0.1) is 34.5 Å². The molecule has 1 spiro atoms. The molecule has 8 heteroatoms. The highest BCUT2D eigenvalue weighted by molar-refractivity contribution is 5.66. The Morgan fingerprint density at radius 3 is 2.16 bits per heavy atom. The van der Waals surface area contributed by atoms with Gasteiger partial charge < -0.3 is 23.4 Å². The predicted octanol–water partition coefficient (Wildman–Crippen LogP) is 4.93. The average molecular weight is 602 g/mol. The van der Waals surface area contributed by atoms with Crippen molar-refractivity contribution in [3.8, 4) is 0 Å². The van der Waals surface area contributed by atoms with Gasteiger partial charge in [0.25, 0.3) is 0 Å². The predicted molar refractivity (Wildman–Crippen MR) is 162 cm³/mol. The number of likely N-dealkylation sites (tertiary alicyclic amines) is 2. The van der Waals surface area contributed by atoms with Crippen molar-refractivity contribution >= 4 is 11.9 Å². The van der Waals surface area contributed by atoms with Crippen LogP contribution in [-0.4, -0.2) is 97.8 Å². The summed E-state index contributed by atoms with van der Waals surface area (Å²) in [6.07, 6.45) is 12.4. The Morgan fingerprint density at radius 2 is 1.51 bits per heavy atom. The van der Waals surface area contributed by atoms with Gasteiger partial charge >= 0.3 is 11.9 Å². The SMILES string of the molecule is CC(=O)O[C@H]1C[C@@H]2CCC3C4C[C@H]([N+]5(C)CCCC5)[C@H](OC(C)=O)[C@@]4(C)CCC3[C@@]2(C)C[C@@H]1N1CCC2(CC1)OCCO2. The number of hydrogen-bond donors (Lipinski definition) is 0. The van der Waals surface area contributed by atoms with Crippen LogP contribution in [0.2, 0.25) is 0 Å². The third kappa shape index (κ3) is 5.00. The number of hydrogen-bond acceptors (Lipinski definition) is 7. The summed E-state index contributed by atoms with van der Waals surface area (Å²) < 4.78 is 25.7. The smallest absolute Gasteiger partial charge is 0.303 e. The van der Waals surface area contributed by atoms with Crippen molar-refractivity contribution in [2.75, 3.05) is 46.4 Å². The molecule has 3 aliphatic heterocycles. The molecule has 4 saturated carbocycles. The number of likely N-dealkylation sites (N-methyl/N-ethyl adjacent to an activating group) is 1. The maximum Gasteiger partial charge on any atom is 0.303 e. The first-order chi connectivity index (χ1) is 20.5. The number of carbonyl (C=O) groups excluding carboxylic acids is 2. The highest BCUT2D eigenvalue weighted by Crippen LogP contribution is 2.68. The molecule has 8 nitrogen and oxygen atoms in total.